The van der Waals surface area contributed by atoms with E-state index in [-0.39, 0.29) is 18.0 Å². The lowest BCUT2D eigenvalue weighted by Crippen LogP contribution is -2.52. The van der Waals surface area contributed by atoms with Crippen LogP contribution in [0.5, 0.6) is 0 Å². The fourth-order valence-electron chi connectivity index (χ4n) is 2.25. The van der Waals surface area contributed by atoms with Gasteiger partial charge in [0.2, 0.25) is 5.91 Å². The molecular formula is C13H13N5OS. The molecule has 0 aromatic carbocycles. The highest BCUT2D eigenvalue weighted by molar-refractivity contribution is 7.99. The van der Waals surface area contributed by atoms with Crippen LogP contribution in [0, 0.1) is 17.2 Å². The molecule has 1 aromatic heterocycles. The lowest BCUT2D eigenvalue weighted by molar-refractivity contribution is -0.119. The van der Waals surface area contributed by atoms with Gasteiger partial charge in [0.15, 0.2) is 0 Å². The van der Waals surface area contributed by atoms with Gasteiger partial charge in [-0.1, -0.05) is 6.07 Å². The topological polar surface area (TPSA) is 81.1 Å². The standard InChI is InChI=1S/C13H13N5OS/c14-6-9-7-16-18-10(5-11(19)17-13(9)18)8-20-12-3-1-2-4-15-12/h1-5,9,13,16H,7-8H2,(H,17,19). The van der Waals surface area contributed by atoms with Gasteiger partial charge < -0.3 is 5.32 Å². The molecule has 0 bridgehead atoms. The van der Waals surface area contributed by atoms with Gasteiger partial charge in [-0.15, -0.1) is 11.8 Å². The zero-order valence-electron chi connectivity index (χ0n) is 10.6. The third-order valence-electron chi connectivity index (χ3n) is 3.21. The molecule has 0 aliphatic carbocycles. The van der Waals surface area contributed by atoms with E-state index in [1.165, 1.54) is 0 Å². The second-order valence-corrected chi connectivity index (χ2v) is 5.51. The van der Waals surface area contributed by atoms with E-state index in [1.807, 2.05) is 23.2 Å². The van der Waals surface area contributed by atoms with Crippen LogP contribution in [0.4, 0.5) is 0 Å². The summed E-state index contributed by atoms with van der Waals surface area (Å²) in [6, 6.07) is 7.94. The molecular weight excluding hydrogens is 274 g/mol. The lowest BCUT2D eigenvalue weighted by Gasteiger charge is -2.32. The van der Waals surface area contributed by atoms with Crippen molar-refractivity contribution in [2.75, 3.05) is 12.3 Å². The molecule has 20 heavy (non-hydrogen) atoms. The Morgan fingerprint density at radius 2 is 2.45 bits per heavy atom. The predicted molar refractivity (Wildman–Crippen MR) is 73.9 cm³/mol. The molecule has 3 rings (SSSR count). The third kappa shape index (κ3) is 2.48. The SMILES string of the molecule is N#CC1CNN2C(CSc3ccccn3)=CC(=O)NC12. The minimum Gasteiger partial charge on any atom is -0.330 e. The Labute approximate surface area is 120 Å². The summed E-state index contributed by atoms with van der Waals surface area (Å²) in [6.45, 7) is 0.549. The summed E-state index contributed by atoms with van der Waals surface area (Å²) in [4.78, 5) is 16.0. The Morgan fingerprint density at radius 3 is 3.20 bits per heavy atom. The molecule has 3 heterocycles. The summed E-state index contributed by atoms with van der Waals surface area (Å²) in [5, 5.41) is 14.7. The van der Waals surface area contributed by atoms with Gasteiger partial charge in [-0.2, -0.15) is 5.26 Å². The molecule has 1 aromatic rings. The zero-order chi connectivity index (χ0) is 13.9. The summed E-state index contributed by atoms with van der Waals surface area (Å²) in [5.41, 5.74) is 4.03. The van der Waals surface area contributed by atoms with Crippen molar-refractivity contribution in [2.24, 2.45) is 5.92 Å². The van der Waals surface area contributed by atoms with Crippen LogP contribution in [-0.4, -0.2) is 34.4 Å². The molecule has 7 heteroatoms. The number of fused-ring (bicyclic) bond motifs is 1. The Hall–Kier alpha value is -2.04. The van der Waals surface area contributed by atoms with E-state index >= 15 is 0 Å². The summed E-state index contributed by atoms with van der Waals surface area (Å²) in [5.74, 6) is 0.251. The molecule has 102 valence electrons. The maximum absolute atomic E-state index is 11.7. The maximum atomic E-state index is 11.7. The number of hydrogen-bond acceptors (Lipinski definition) is 6. The highest BCUT2D eigenvalue weighted by Gasteiger charge is 2.39. The summed E-state index contributed by atoms with van der Waals surface area (Å²) in [7, 11) is 0. The number of amides is 1. The third-order valence-corrected chi connectivity index (χ3v) is 4.19. The Morgan fingerprint density at radius 1 is 1.55 bits per heavy atom. The number of thioether (sulfide) groups is 1. The van der Waals surface area contributed by atoms with E-state index < -0.39 is 0 Å². The summed E-state index contributed by atoms with van der Waals surface area (Å²) in [6.07, 6.45) is 3.03. The Kier molecular flexibility index (Phi) is 3.58. The quantitative estimate of drug-likeness (QED) is 0.787. The number of rotatable bonds is 3. The van der Waals surface area contributed by atoms with E-state index in [9.17, 15) is 4.79 Å². The molecule has 1 saturated heterocycles. The van der Waals surface area contributed by atoms with Gasteiger partial charge in [-0.3, -0.25) is 9.80 Å². The van der Waals surface area contributed by atoms with Crippen molar-refractivity contribution < 1.29 is 4.79 Å². The van der Waals surface area contributed by atoms with Crippen LogP contribution in [0.3, 0.4) is 0 Å². The molecule has 2 unspecified atom stereocenters. The van der Waals surface area contributed by atoms with Crippen LogP contribution in [-0.2, 0) is 4.79 Å². The number of carbonyl (C=O) groups excluding carboxylic acids is 1. The van der Waals surface area contributed by atoms with E-state index in [0.29, 0.717) is 12.3 Å². The van der Waals surface area contributed by atoms with Crippen LogP contribution in [0.15, 0.2) is 41.2 Å². The highest BCUT2D eigenvalue weighted by Crippen LogP contribution is 2.26. The minimum absolute atomic E-state index is 0.146. The van der Waals surface area contributed by atoms with Gasteiger partial charge in [0.1, 0.15) is 12.1 Å². The normalized spacial score (nSPS) is 24.6. The largest absolute Gasteiger partial charge is 0.330 e. The minimum atomic E-state index is -0.281. The average Bonchev–Trinajstić information content (AvgIpc) is 2.88. The Bertz CT molecular complexity index is 582. The maximum Gasteiger partial charge on any atom is 0.247 e. The second-order valence-electron chi connectivity index (χ2n) is 4.51. The average molecular weight is 287 g/mol. The van der Waals surface area contributed by atoms with Crippen molar-refractivity contribution >= 4 is 17.7 Å². The fraction of sp³-hybridized carbons (Fsp3) is 0.308. The number of nitrogens with zero attached hydrogens (tertiary/aromatic N) is 3. The van der Waals surface area contributed by atoms with Crippen molar-refractivity contribution in [2.45, 2.75) is 11.2 Å². The number of pyridine rings is 1. The smallest absolute Gasteiger partial charge is 0.247 e. The van der Waals surface area contributed by atoms with Crippen molar-refractivity contribution in [1.29, 1.82) is 5.26 Å². The van der Waals surface area contributed by atoms with Gasteiger partial charge in [0.25, 0.3) is 0 Å². The first-order chi connectivity index (χ1) is 9.78. The van der Waals surface area contributed by atoms with Gasteiger partial charge in [-0.05, 0) is 12.1 Å². The van der Waals surface area contributed by atoms with Crippen LogP contribution >= 0.6 is 11.8 Å². The number of hydrazine groups is 1. The summed E-state index contributed by atoms with van der Waals surface area (Å²) >= 11 is 1.56. The van der Waals surface area contributed by atoms with Crippen molar-refractivity contribution in [3.63, 3.8) is 0 Å². The van der Waals surface area contributed by atoms with E-state index in [4.69, 9.17) is 5.26 Å². The molecule has 0 saturated carbocycles. The molecule has 0 spiro atoms. The second kappa shape index (κ2) is 5.53. The number of hydrogen-bond donors (Lipinski definition) is 2. The lowest BCUT2D eigenvalue weighted by atomic mass is 10.1. The van der Waals surface area contributed by atoms with E-state index in [1.54, 1.807) is 24.0 Å². The van der Waals surface area contributed by atoms with E-state index in [2.05, 4.69) is 21.8 Å². The molecule has 2 N–H and O–H groups in total. The van der Waals surface area contributed by atoms with Crippen LogP contribution < -0.4 is 10.7 Å². The number of nitriles is 1. The van der Waals surface area contributed by atoms with E-state index in [0.717, 1.165) is 10.7 Å². The van der Waals surface area contributed by atoms with Gasteiger partial charge >= 0.3 is 0 Å². The Balaban J connectivity index is 1.72. The highest BCUT2D eigenvalue weighted by atomic mass is 32.2. The molecule has 6 nitrogen and oxygen atoms in total. The fourth-order valence-corrected chi connectivity index (χ4v) is 3.08. The molecule has 1 amide bonds. The first kappa shape index (κ1) is 13.0. The van der Waals surface area contributed by atoms with Crippen LogP contribution in [0.25, 0.3) is 0 Å². The molecule has 2 aliphatic rings. The first-order valence-electron chi connectivity index (χ1n) is 6.25. The van der Waals surface area contributed by atoms with Crippen molar-refractivity contribution in [1.82, 2.24) is 20.7 Å². The van der Waals surface area contributed by atoms with Crippen LogP contribution in [0.1, 0.15) is 0 Å². The van der Waals surface area contributed by atoms with Gasteiger partial charge in [0.05, 0.1) is 11.1 Å². The first-order valence-corrected chi connectivity index (χ1v) is 7.24. The van der Waals surface area contributed by atoms with Gasteiger partial charge in [-0.25, -0.2) is 10.4 Å². The number of carbonyl (C=O) groups is 1. The number of nitrogens with one attached hydrogen (secondary N) is 2. The van der Waals surface area contributed by atoms with Gasteiger partial charge in [0, 0.05) is 30.3 Å². The van der Waals surface area contributed by atoms with Crippen molar-refractivity contribution in [3.05, 3.63) is 36.2 Å². The zero-order valence-corrected chi connectivity index (χ0v) is 11.4. The monoisotopic (exact) mass is 287 g/mol. The molecule has 1 fully saturated rings. The van der Waals surface area contributed by atoms with Crippen LogP contribution in [0.2, 0.25) is 0 Å². The summed E-state index contributed by atoms with van der Waals surface area (Å²) < 4.78 is 0. The molecule has 0 radical (unpaired) electrons. The molecule has 2 atom stereocenters. The molecule has 2 aliphatic heterocycles. The predicted octanol–water partition coefficient (Wildman–Crippen LogP) is 0.473. The number of aromatic nitrogens is 1. The van der Waals surface area contributed by atoms with Crippen molar-refractivity contribution in [3.8, 4) is 6.07 Å².